The smallest absolute Gasteiger partial charge is 0.283 e. The van der Waals surface area contributed by atoms with Gasteiger partial charge in [-0.15, -0.1) is 0 Å². The van der Waals surface area contributed by atoms with Crippen LogP contribution in [0.1, 0.15) is 45.4 Å². The molecule has 3 N–H and O–H groups in total. The molecule has 21 heavy (non-hydrogen) atoms. The molecule has 5 nitrogen and oxygen atoms in total. The molecule has 0 bridgehead atoms. The Bertz CT molecular complexity index is 376. The first-order chi connectivity index (χ1) is 10.2. The number of carbonyl (C=O) groups is 1. The van der Waals surface area contributed by atoms with E-state index in [1.165, 1.54) is 25.7 Å². The van der Waals surface area contributed by atoms with Crippen molar-refractivity contribution in [3.8, 4) is 0 Å². The molecule has 2 aliphatic rings. The zero-order valence-electron chi connectivity index (χ0n) is 12.8. The Morgan fingerprint density at radius 1 is 1.48 bits per heavy atom. The summed E-state index contributed by atoms with van der Waals surface area (Å²) < 4.78 is 11.4. The van der Waals surface area contributed by atoms with Crippen LogP contribution in [0.4, 0.5) is 0 Å². The van der Waals surface area contributed by atoms with E-state index in [-0.39, 0.29) is 24.2 Å². The molecule has 0 radical (unpaired) electrons. The standard InChI is InChI=1S/C16H27NO4/c1-2-20-16-12(8-5-9-18)13(11-6-3-4-7-11)10-14(21-16)15(17)19/h10-13,16,18H,2-9H2,1H3,(H2,17,19)/t12-,13+,16+/m1/s1. The number of primary amides is 1. The van der Waals surface area contributed by atoms with Gasteiger partial charge >= 0.3 is 0 Å². The topological polar surface area (TPSA) is 81.8 Å². The minimum absolute atomic E-state index is 0.166. The van der Waals surface area contributed by atoms with E-state index in [4.69, 9.17) is 20.3 Å². The van der Waals surface area contributed by atoms with Gasteiger partial charge in [0, 0.05) is 19.1 Å². The Kier molecular flexibility index (Phi) is 6.06. The largest absolute Gasteiger partial charge is 0.459 e. The molecule has 0 spiro atoms. The van der Waals surface area contributed by atoms with Crippen LogP contribution in [0.15, 0.2) is 11.8 Å². The van der Waals surface area contributed by atoms with E-state index >= 15 is 0 Å². The van der Waals surface area contributed by atoms with Crippen molar-refractivity contribution < 1.29 is 19.4 Å². The highest BCUT2D eigenvalue weighted by Crippen LogP contribution is 2.43. The van der Waals surface area contributed by atoms with E-state index in [9.17, 15) is 4.79 Å². The number of aliphatic hydroxyl groups excluding tert-OH is 1. The molecule has 1 aliphatic heterocycles. The second-order valence-corrected chi connectivity index (χ2v) is 5.99. The van der Waals surface area contributed by atoms with Gasteiger partial charge in [0.2, 0.25) is 6.29 Å². The number of nitrogens with two attached hydrogens (primary N) is 1. The average Bonchev–Trinajstić information content (AvgIpc) is 2.99. The highest BCUT2D eigenvalue weighted by molar-refractivity contribution is 5.90. The average molecular weight is 297 g/mol. The number of amides is 1. The van der Waals surface area contributed by atoms with Crippen molar-refractivity contribution in [2.45, 2.75) is 51.7 Å². The molecule has 5 heteroatoms. The Morgan fingerprint density at radius 2 is 2.19 bits per heavy atom. The van der Waals surface area contributed by atoms with Crippen molar-refractivity contribution in [1.29, 1.82) is 0 Å². The van der Waals surface area contributed by atoms with Crippen LogP contribution in [-0.2, 0) is 14.3 Å². The summed E-state index contributed by atoms with van der Waals surface area (Å²) in [7, 11) is 0. The van der Waals surface area contributed by atoms with Crippen LogP contribution in [0.2, 0.25) is 0 Å². The van der Waals surface area contributed by atoms with Gasteiger partial charge in [0.05, 0.1) is 0 Å². The highest BCUT2D eigenvalue weighted by atomic mass is 16.7. The number of ether oxygens (including phenoxy) is 2. The van der Waals surface area contributed by atoms with Gasteiger partial charge in [-0.3, -0.25) is 4.79 Å². The zero-order valence-corrected chi connectivity index (χ0v) is 12.8. The van der Waals surface area contributed by atoms with Gasteiger partial charge in [0.25, 0.3) is 5.91 Å². The molecule has 3 atom stereocenters. The maximum Gasteiger partial charge on any atom is 0.283 e. The fraction of sp³-hybridized carbons (Fsp3) is 0.812. The number of allylic oxidation sites excluding steroid dienone is 1. The lowest BCUT2D eigenvalue weighted by Gasteiger charge is -2.39. The maximum absolute atomic E-state index is 11.5. The number of hydrogen-bond acceptors (Lipinski definition) is 4. The van der Waals surface area contributed by atoms with Crippen molar-refractivity contribution in [3.63, 3.8) is 0 Å². The molecule has 1 saturated carbocycles. The highest BCUT2D eigenvalue weighted by Gasteiger charge is 2.40. The molecule has 0 aromatic heterocycles. The third-order valence-corrected chi connectivity index (χ3v) is 4.64. The Morgan fingerprint density at radius 3 is 2.76 bits per heavy atom. The van der Waals surface area contributed by atoms with E-state index in [0.717, 1.165) is 12.8 Å². The third kappa shape index (κ3) is 3.98. The van der Waals surface area contributed by atoms with Gasteiger partial charge in [-0.1, -0.05) is 12.8 Å². The summed E-state index contributed by atoms with van der Waals surface area (Å²) in [5, 5.41) is 9.13. The molecule has 1 fully saturated rings. The molecule has 120 valence electrons. The Balaban J connectivity index is 2.22. The van der Waals surface area contributed by atoms with Gasteiger partial charge in [-0.25, -0.2) is 0 Å². The first-order valence-electron chi connectivity index (χ1n) is 8.08. The SMILES string of the molecule is CCO[C@H]1OC(C(N)=O)=C[C@@H](C2CCCC2)[C@H]1CCCO. The van der Waals surface area contributed by atoms with Gasteiger partial charge in [0.15, 0.2) is 5.76 Å². The summed E-state index contributed by atoms with van der Waals surface area (Å²) in [4.78, 5) is 11.5. The summed E-state index contributed by atoms with van der Waals surface area (Å²) in [6, 6.07) is 0. The first kappa shape index (κ1) is 16.3. The van der Waals surface area contributed by atoms with E-state index in [1.807, 2.05) is 13.0 Å². The fourth-order valence-corrected chi connectivity index (χ4v) is 3.68. The van der Waals surface area contributed by atoms with Crippen molar-refractivity contribution in [2.75, 3.05) is 13.2 Å². The molecule has 2 rings (SSSR count). The van der Waals surface area contributed by atoms with Crippen LogP contribution < -0.4 is 5.73 Å². The second kappa shape index (κ2) is 7.80. The number of rotatable bonds is 7. The predicted molar refractivity (Wildman–Crippen MR) is 79.0 cm³/mol. The molecule has 1 aliphatic carbocycles. The van der Waals surface area contributed by atoms with E-state index < -0.39 is 12.2 Å². The normalized spacial score (nSPS) is 30.0. The van der Waals surface area contributed by atoms with Crippen LogP contribution in [0.5, 0.6) is 0 Å². The van der Waals surface area contributed by atoms with E-state index in [1.54, 1.807) is 0 Å². The lowest BCUT2D eigenvalue weighted by molar-refractivity contribution is -0.175. The molecule has 1 amide bonds. The van der Waals surface area contributed by atoms with Crippen LogP contribution in [0.25, 0.3) is 0 Å². The van der Waals surface area contributed by atoms with E-state index in [2.05, 4.69) is 0 Å². The lowest BCUT2D eigenvalue weighted by Crippen LogP contribution is -2.40. The van der Waals surface area contributed by atoms with Crippen molar-refractivity contribution >= 4 is 5.91 Å². The van der Waals surface area contributed by atoms with Crippen LogP contribution in [-0.4, -0.2) is 30.5 Å². The van der Waals surface area contributed by atoms with Gasteiger partial charge in [0.1, 0.15) is 0 Å². The van der Waals surface area contributed by atoms with Crippen LogP contribution >= 0.6 is 0 Å². The van der Waals surface area contributed by atoms with Crippen molar-refractivity contribution in [3.05, 3.63) is 11.8 Å². The molecule has 0 aromatic rings. The molecule has 0 unspecified atom stereocenters. The molecule has 1 heterocycles. The molecule has 0 saturated heterocycles. The second-order valence-electron chi connectivity index (χ2n) is 5.99. The quantitative estimate of drug-likeness (QED) is 0.752. The predicted octanol–water partition coefficient (Wildman–Crippen LogP) is 1.94. The molecule has 0 aromatic carbocycles. The maximum atomic E-state index is 11.5. The monoisotopic (exact) mass is 297 g/mol. The Labute approximate surface area is 126 Å². The van der Waals surface area contributed by atoms with E-state index in [0.29, 0.717) is 12.5 Å². The molecular weight excluding hydrogens is 270 g/mol. The third-order valence-electron chi connectivity index (χ3n) is 4.64. The van der Waals surface area contributed by atoms with Gasteiger partial charge in [-0.05, 0) is 50.5 Å². The number of aliphatic hydroxyl groups is 1. The lowest BCUT2D eigenvalue weighted by atomic mass is 9.76. The minimum atomic E-state index is -0.525. The molecular formula is C16H27NO4. The first-order valence-corrected chi connectivity index (χ1v) is 8.08. The summed E-state index contributed by atoms with van der Waals surface area (Å²) >= 11 is 0. The van der Waals surface area contributed by atoms with Crippen LogP contribution in [0, 0.1) is 17.8 Å². The Hall–Kier alpha value is -1.07. The number of carbonyl (C=O) groups excluding carboxylic acids is 1. The summed E-state index contributed by atoms with van der Waals surface area (Å²) in [6.07, 6.45) is 7.89. The summed E-state index contributed by atoms with van der Waals surface area (Å²) in [5.74, 6) is 0.721. The van der Waals surface area contributed by atoms with Gasteiger partial charge in [-0.2, -0.15) is 0 Å². The number of hydrogen-bond donors (Lipinski definition) is 2. The zero-order chi connectivity index (χ0) is 15.2. The summed E-state index contributed by atoms with van der Waals surface area (Å²) in [6.45, 7) is 2.61. The van der Waals surface area contributed by atoms with Crippen molar-refractivity contribution in [2.24, 2.45) is 23.5 Å². The minimum Gasteiger partial charge on any atom is -0.459 e. The van der Waals surface area contributed by atoms with Crippen molar-refractivity contribution in [1.82, 2.24) is 0 Å². The van der Waals surface area contributed by atoms with Gasteiger partial charge < -0.3 is 20.3 Å². The fourth-order valence-electron chi connectivity index (χ4n) is 3.68. The van der Waals surface area contributed by atoms with Crippen LogP contribution in [0.3, 0.4) is 0 Å². The summed E-state index contributed by atoms with van der Waals surface area (Å²) in [5.41, 5.74) is 5.40.